The molecule has 0 aliphatic heterocycles. The molecule has 1 aromatic carbocycles. The van der Waals surface area contributed by atoms with Gasteiger partial charge in [0.15, 0.2) is 0 Å². The standard InChI is InChI=1S/C14H19F2N/c15-12-6-5-11(14(16)9-12)7-10-3-1-2-4-13(17)8-10/h5-6,9-10,13H,1-4,7-8,17H2. The van der Waals surface area contributed by atoms with Crippen LogP contribution >= 0.6 is 0 Å². The third kappa shape index (κ3) is 3.50. The van der Waals surface area contributed by atoms with Gasteiger partial charge in [0.2, 0.25) is 0 Å². The van der Waals surface area contributed by atoms with Gasteiger partial charge in [-0.15, -0.1) is 0 Å². The Morgan fingerprint density at radius 3 is 2.71 bits per heavy atom. The second kappa shape index (κ2) is 5.58. The van der Waals surface area contributed by atoms with Gasteiger partial charge in [-0.2, -0.15) is 0 Å². The highest BCUT2D eigenvalue weighted by molar-refractivity contribution is 5.19. The molecule has 2 atom stereocenters. The van der Waals surface area contributed by atoms with Crippen molar-refractivity contribution < 1.29 is 8.78 Å². The van der Waals surface area contributed by atoms with Crippen LogP contribution in [0.15, 0.2) is 18.2 Å². The molecule has 0 saturated heterocycles. The lowest BCUT2D eigenvalue weighted by atomic mass is 9.91. The molecule has 0 bridgehead atoms. The first kappa shape index (κ1) is 12.5. The van der Waals surface area contributed by atoms with Crippen molar-refractivity contribution in [1.82, 2.24) is 0 Å². The van der Waals surface area contributed by atoms with Crippen LogP contribution in [-0.2, 0) is 6.42 Å². The highest BCUT2D eigenvalue weighted by Crippen LogP contribution is 2.26. The van der Waals surface area contributed by atoms with E-state index in [1.54, 1.807) is 6.07 Å². The summed E-state index contributed by atoms with van der Waals surface area (Å²) in [6.45, 7) is 0. The lowest BCUT2D eigenvalue weighted by Gasteiger charge is -2.17. The number of hydrogen-bond acceptors (Lipinski definition) is 1. The van der Waals surface area contributed by atoms with Crippen molar-refractivity contribution in [3.8, 4) is 0 Å². The van der Waals surface area contributed by atoms with Crippen LogP contribution in [-0.4, -0.2) is 6.04 Å². The molecule has 1 nitrogen and oxygen atoms in total. The molecule has 17 heavy (non-hydrogen) atoms. The van der Waals surface area contributed by atoms with E-state index in [9.17, 15) is 8.78 Å². The molecule has 2 rings (SSSR count). The summed E-state index contributed by atoms with van der Waals surface area (Å²) in [6, 6.07) is 4.09. The van der Waals surface area contributed by atoms with Crippen LogP contribution in [0.2, 0.25) is 0 Å². The van der Waals surface area contributed by atoms with Gasteiger partial charge < -0.3 is 5.73 Å². The Kier molecular flexibility index (Phi) is 4.11. The fourth-order valence-corrected chi connectivity index (χ4v) is 2.69. The van der Waals surface area contributed by atoms with E-state index in [4.69, 9.17) is 5.73 Å². The molecule has 0 radical (unpaired) electrons. The van der Waals surface area contributed by atoms with Crippen molar-refractivity contribution in [3.63, 3.8) is 0 Å². The van der Waals surface area contributed by atoms with Gasteiger partial charge in [0.1, 0.15) is 11.6 Å². The maximum Gasteiger partial charge on any atom is 0.129 e. The van der Waals surface area contributed by atoms with Gasteiger partial charge in [-0.25, -0.2) is 8.78 Å². The Balaban J connectivity index is 2.03. The van der Waals surface area contributed by atoms with Crippen LogP contribution in [0.1, 0.15) is 37.7 Å². The summed E-state index contributed by atoms with van der Waals surface area (Å²) in [4.78, 5) is 0. The monoisotopic (exact) mass is 239 g/mol. The molecule has 1 saturated carbocycles. The Morgan fingerprint density at radius 1 is 1.18 bits per heavy atom. The minimum atomic E-state index is -0.510. The highest BCUT2D eigenvalue weighted by Gasteiger charge is 2.19. The number of nitrogens with two attached hydrogens (primary N) is 1. The first-order valence-electron chi connectivity index (χ1n) is 6.34. The van der Waals surface area contributed by atoms with Crippen LogP contribution in [0.4, 0.5) is 8.78 Å². The molecule has 2 N–H and O–H groups in total. The van der Waals surface area contributed by atoms with Gasteiger partial charge in [-0.05, 0) is 36.8 Å². The van der Waals surface area contributed by atoms with E-state index < -0.39 is 11.6 Å². The average molecular weight is 239 g/mol. The topological polar surface area (TPSA) is 26.0 Å². The first-order valence-corrected chi connectivity index (χ1v) is 6.34. The SMILES string of the molecule is NC1CCCCC(Cc2ccc(F)cc2F)C1. The third-order valence-electron chi connectivity index (χ3n) is 3.60. The zero-order valence-electron chi connectivity index (χ0n) is 9.96. The molecular formula is C14H19F2N. The van der Waals surface area contributed by atoms with E-state index in [1.165, 1.54) is 18.9 Å². The summed E-state index contributed by atoms with van der Waals surface area (Å²) in [7, 11) is 0. The van der Waals surface area contributed by atoms with Gasteiger partial charge in [-0.1, -0.05) is 25.3 Å². The van der Waals surface area contributed by atoms with E-state index in [1.807, 2.05) is 0 Å². The van der Waals surface area contributed by atoms with Crippen LogP contribution in [0.25, 0.3) is 0 Å². The maximum absolute atomic E-state index is 13.5. The summed E-state index contributed by atoms with van der Waals surface area (Å²) >= 11 is 0. The molecule has 3 heteroatoms. The fourth-order valence-electron chi connectivity index (χ4n) is 2.69. The molecule has 1 aromatic rings. The summed E-state index contributed by atoms with van der Waals surface area (Å²) in [5, 5.41) is 0. The zero-order valence-corrected chi connectivity index (χ0v) is 9.96. The molecule has 0 spiro atoms. The van der Waals surface area contributed by atoms with Crippen molar-refractivity contribution >= 4 is 0 Å². The molecule has 94 valence electrons. The Labute approximate surface area is 101 Å². The molecule has 2 unspecified atom stereocenters. The quantitative estimate of drug-likeness (QED) is 0.786. The molecule has 0 heterocycles. The van der Waals surface area contributed by atoms with E-state index in [-0.39, 0.29) is 6.04 Å². The molecule has 0 aromatic heterocycles. The van der Waals surface area contributed by atoms with Gasteiger partial charge in [0.05, 0.1) is 0 Å². The normalized spacial score (nSPS) is 25.6. The second-order valence-corrected chi connectivity index (χ2v) is 5.09. The largest absolute Gasteiger partial charge is 0.328 e. The van der Waals surface area contributed by atoms with Crippen molar-refractivity contribution in [2.75, 3.05) is 0 Å². The van der Waals surface area contributed by atoms with Crippen LogP contribution < -0.4 is 5.73 Å². The van der Waals surface area contributed by atoms with Crippen LogP contribution in [0, 0.1) is 17.6 Å². The van der Waals surface area contributed by atoms with Gasteiger partial charge in [-0.3, -0.25) is 0 Å². The highest BCUT2D eigenvalue weighted by atomic mass is 19.1. The number of benzene rings is 1. The molecule has 1 fully saturated rings. The fraction of sp³-hybridized carbons (Fsp3) is 0.571. The predicted molar refractivity (Wildman–Crippen MR) is 64.6 cm³/mol. The van der Waals surface area contributed by atoms with E-state index >= 15 is 0 Å². The van der Waals surface area contributed by atoms with Crippen molar-refractivity contribution in [2.45, 2.75) is 44.6 Å². The Bertz CT molecular complexity index is 378. The van der Waals surface area contributed by atoms with Gasteiger partial charge >= 0.3 is 0 Å². The minimum Gasteiger partial charge on any atom is -0.328 e. The third-order valence-corrected chi connectivity index (χ3v) is 3.60. The van der Waals surface area contributed by atoms with Crippen molar-refractivity contribution in [2.24, 2.45) is 11.7 Å². The second-order valence-electron chi connectivity index (χ2n) is 5.09. The molecular weight excluding hydrogens is 220 g/mol. The first-order chi connectivity index (χ1) is 8.15. The minimum absolute atomic E-state index is 0.242. The van der Waals surface area contributed by atoms with Gasteiger partial charge in [0.25, 0.3) is 0 Å². The molecule has 1 aliphatic rings. The summed E-state index contributed by atoms with van der Waals surface area (Å²) in [5.41, 5.74) is 6.60. The molecule has 1 aliphatic carbocycles. The van der Waals surface area contributed by atoms with Crippen LogP contribution in [0.5, 0.6) is 0 Å². The zero-order chi connectivity index (χ0) is 12.3. The number of hydrogen-bond donors (Lipinski definition) is 1. The summed E-state index contributed by atoms with van der Waals surface area (Å²) < 4.78 is 26.3. The maximum atomic E-state index is 13.5. The Hall–Kier alpha value is -0.960. The van der Waals surface area contributed by atoms with E-state index in [0.29, 0.717) is 17.9 Å². The number of halogens is 2. The van der Waals surface area contributed by atoms with Gasteiger partial charge in [0, 0.05) is 12.1 Å². The lowest BCUT2D eigenvalue weighted by Crippen LogP contribution is -2.22. The Morgan fingerprint density at radius 2 is 1.94 bits per heavy atom. The van der Waals surface area contributed by atoms with E-state index in [2.05, 4.69) is 0 Å². The van der Waals surface area contributed by atoms with Crippen molar-refractivity contribution in [3.05, 3.63) is 35.4 Å². The average Bonchev–Trinajstić information content (AvgIpc) is 2.47. The summed E-state index contributed by atoms with van der Waals surface area (Å²) in [5.74, 6) is -0.501. The lowest BCUT2D eigenvalue weighted by molar-refractivity contribution is 0.422. The molecule has 0 amide bonds. The predicted octanol–water partition coefficient (Wildman–Crippen LogP) is 3.41. The summed E-state index contributed by atoms with van der Waals surface area (Å²) in [6.07, 6.45) is 6.15. The smallest absolute Gasteiger partial charge is 0.129 e. The van der Waals surface area contributed by atoms with E-state index in [0.717, 1.165) is 25.3 Å². The number of rotatable bonds is 2. The van der Waals surface area contributed by atoms with Crippen LogP contribution in [0.3, 0.4) is 0 Å². The van der Waals surface area contributed by atoms with Crippen molar-refractivity contribution in [1.29, 1.82) is 0 Å².